The first kappa shape index (κ1) is 16.6. The Bertz CT molecular complexity index is 814. The molecule has 25 heavy (non-hydrogen) atoms. The molecule has 1 aliphatic rings. The topological polar surface area (TPSA) is 93.5 Å². The van der Waals surface area contributed by atoms with E-state index in [0.717, 1.165) is 11.1 Å². The number of allylic oxidation sites excluding steroid dienone is 1. The van der Waals surface area contributed by atoms with Crippen molar-refractivity contribution < 1.29 is 14.3 Å². The molecule has 1 aliphatic heterocycles. The van der Waals surface area contributed by atoms with E-state index in [4.69, 9.17) is 10.5 Å². The SMILES string of the molecule is CC1=C(C(N)=O)[C@H](c2ccc(OCc3ccccc3)cc2)NC(=O)N1. The van der Waals surface area contributed by atoms with Crippen LogP contribution in [0.5, 0.6) is 5.75 Å². The Morgan fingerprint density at radius 1 is 1.12 bits per heavy atom. The van der Waals surface area contributed by atoms with Gasteiger partial charge < -0.3 is 21.1 Å². The van der Waals surface area contributed by atoms with Gasteiger partial charge in [0.1, 0.15) is 12.4 Å². The predicted octanol–water partition coefficient (Wildman–Crippen LogP) is 2.38. The van der Waals surface area contributed by atoms with Gasteiger partial charge in [0.15, 0.2) is 0 Å². The number of carbonyl (C=O) groups is 2. The van der Waals surface area contributed by atoms with E-state index in [1.807, 2.05) is 42.5 Å². The van der Waals surface area contributed by atoms with Gasteiger partial charge in [-0.1, -0.05) is 42.5 Å². The molecule has 0 spiro atoms. The van der Waals surface area contributed by atoms with Crippen molar-refractivity contribution in [3.63, 3.8) is 0 Å². The molecule has 4 N–H and O–H groups in total. The van der Waals surface area contributed by atoms with Gasteiger partial charge in [-0.15, -0.1) is 0 Å². The van der Waals surface area contributed by atoms with E-state index >= 15 is 0 Å². The lowest BCUT2D eigenvalue weighted by molar-refractivity contribution is -0.115. The Hall–Kier alpha value is -3.28. The quantitative estimate of drug-likeness (QED) is 0.782. The lowest BCUT2D eigenvalue weighted by atomic mass is 9.95. The summed E-state index contributed by atoms with van der Waals surface area (Å²) in [7, 11) is 0. The minimum absolute atomic E-state index is 0.345. The van der Waals surface area contributed by atoms with E-state index in [1.165, 1.54) is 0 Å². The molecule has 6 nitrogen and oxygen atoms in total. The molecule has 2 aromatic rings. The van der Waals surface area contributed by atoms with Crippen LogP contribution >= 0.6 is 0 Å². The first-order valence-electron chi connectivity index (χ1n) is 7.89. The molecule has 0 saturated carbocycles. The lowest BCUT2D eigenvalue weighted by Gasteiger charge is -2.27. The monoisotopic (exact) mass is 337 g/mol. The smallest absolute Gasteiger partial charge is 0.319 e. The van der Waals surface area contributed by atoms with E-state index in [2.05, 4.69) is 10.6 Å². The van der Waals surface area contributed by atoms with Crippen molar-refractivity contribution in [1.82, 2.24) is 10.6 Å². The Morgan fingerprint density at radius 2 is 1.80 bits per heavy atom. The van der Waals surface area contributed by atoms with Crippen molar-refractivity contribution in [1.29, 1.82) is 0 Å². The third kappa shape index (κ3) is 3.80. The van der Waals surface area contributed by atoms with Crippen molar-refractivity contribution in [2.75, 3.05) is 0 Å². The molecule has 128 valence electrons. The minimum Gasteiger partial charge on any atom is -0.489 e. The van der Waals surface area contributed by atoms with Crippen molar-refractivity contribution in [2.24, 2.45) is 5.73 Å². The van der Waals surface area contributed by atoms with Gasteiger partial charge in [0.25, 0.3) is 0 Å². The van der Waals surface area contributed by atoms with Crippen LogP contribution in [-0.2, 0) is 11.4 Å². The standard InChI is InChI=1S/C19H19N3O3/c1-12-16(18(20)23)17(22-19(24)21-12)14-7-9-15(10-8-14)25-11-13-5-3-2-4-6-13/h2-10,17H,11H2,1H3,(H2,20,23)(H2,21,22,24)/t17-/m0/s1. The lowest BCUT2D eigenvalue weighted by Crippen LogP contribution is -2.46. The second-order valence-corrected chi connectivity index (χ2v) is 5.78. The fourth-order valence-corrected chi connectivity index (χ4v) is 2.77. The van der Waals surface area contributed by atoms with E-state index in [0.29, 0.717) is 23.6 Å². The molecular weight excluding hydrogens is 318 g/mol. The molecule has 0 aromatic heterocycles. The molecule has 3 rings (SSSR count). The number of amides is 3. The molecule has 0 aliphatic carbocycles. The van der Waals surface area contributed by atoms with E-state index in [9.17, 15) is 9.59 Å². The molecule has 0 unspecified atom stereocenters. The number of carbonyl (C=O) groups excluding carboxylic acids is 2. The van der Waals surface area contributed by atoms with Crippen LogP contribution in [-0.4, -0.2) is 11.9 Å². The zero-order chi connectivity index (χ0) is 17.8. The second-order valence-electron chi connectivity index (χ2n) is 5.78. The van der Waals surface area contributed by atoms with Crippen molar-refractivity contribution in [2.45, 2.75) is 19.6 Å². The Labute approximate surface area is 145 Å². The van der Waals surface area contributed by atoms with Crippen LogP contribution in [0.15, 0.2) is 65.9 Å². The molecule has 6 heteroatoms. The van der Waals surface area contributed by atoms with E-state index in [-0.39, 0.29) is 6.03 Å². The van der Waals surface area contributed by atoms with Crippen molar-refractivity contribution >= 4 is 11.9 Å². The highest BCUT2D eigenvalue weighted by Gasteiger charge is 2.29. The fraction of sp³-hybridized carbons (Fsp3) is 0.158. The highest BCUT2D eigenvalue weighted by molar-refractivity contribution is 5.97. The van der Waals surface area contributed by atoms with Crippen LogP contribution in [0.3, 0.4) is 0 Å². The van der Waals surface area contributed by atoms with Gasteiger partial charge in [-0.2, -0.15) is 0 Å². The van der Waals surface area contributed by atoms with Crippen LogP contribution in [0.4, 0.5) is 4.79 Å². The van der Waals surface area contributed by atoms with Gasteiger partial charge in [-0.05, 0) is 30.2 Å². The van der Waals surface area contributed by atoms with Crippen LogP contribution in [0, 0.1) is 0 Å². The van der Waals surface area contributed by atoms with Crippen LogP contribution < -0.4 is 21.1 Å². The average molecular weight is 337 g/mol. The third-order valence-electron chi connectivity index (χ3n) is 4.00. The second kappa shape index (κ2) is 7.09. The highest BCUT2D eigenvalue weighted by Crippen LogP contribution is 2.27. The summed E-state index contributed by atoms with van der Waals surface area (Å²) in [6, 6.07) is 16.2. The molecule has 0 radical (unpaired) electrons. The van der Waals surface area contributed by atoms with Gasteiger partial charge in [0.05, 0.1) is 11.6 Å². The molecule has 1 atom stereocenters. The molecule has 0 saturated heterocycles. The molecule has 1 heterocycles. The molecule has 0 fully saturated rings. The van der Waals surface area contributed by atoms with Gasteiger partial charge in [0, 0.05) is 5.70 Å². The largest absolute Gasteiger partial charge is 0.489 e. The molecule has 3 amide bonds. The summed E-state index contributed by atoms with van der Waals surface area (Å²) in [5.74, 6) is 0.133. The van der Waals surface area contributed by atoms with E-state index < -0.39 is 11.9 Å². The summed E-state index contributed by atoms with van der Waals surface area (Å²) in [6.45, 7) is 2.12. The first-order valence-corrected chi connectivity index (χ1v) is 7.89. The highest BCUT2D eigenvalue weighted by atomic mass is 16.5. The van der Waals surface area contributed by atoms with Gasteiger partial charge >= 0.3 is 6.03 Å². The number of hydrogen-bond acceptors (Lipinski definition) is 3. The van der Waals surface area contributed by atoms with Crippen molar-refractivity contribution in [3.05, 3.63) is 77.0 Å². The molecular formula is C19H19N3O3. The average Bonchev–Trinajstić information content (AvgIpc) is 2.60. The maximum atomic E-state index is 11.7. The summed E-state index contributed by atoms with van der Waals surface area (Å²) < 4.78 is 5.75. The van der Waals surface area contributed by atoms with Crippen molar-refractivity contribution in [3.8, 4) is 5.75 Å². The summed E-state index contributed by atoms with van der Waals surface area (Å²) in [6.07, 6.45) is 0. The zero-order valence-electron chi connectivity index (χ0n) is 13.8. The van der Waals surface area contributed by atoms with Crippen LogP contribution in [0.25, 0.3) is 0 Å². The number of hydrogen-bond donors (Lipinski definition) is 3. The van der Waals surface area contributed by atoms with Gasteiger partial charge in [-0.25, -0.2) is 4.79 Å². The first-order chi connectivity index (χ1) is 12.0. The number of rotatable bonds is 5. The Kier molecular flexibility index (Phi) is 4.70. The number of ether oxygens (including phenoxy) is 1. The fourth-order valence-electron chi connectivity index (χ4n) is 2.77. The molecule has 0 bridgehead atoms. The summed E-state index contributed by atoms with van der Waals surface area (Å²) in [5.41, 5.74) is 8.10. The van der Waals surface area contributed by atoms with Gasteiger partial charge in [0.2, 0.25) is 5.91 Å². The summed E-state index contributed by atoms with van der Waals surface area (Å²) in [5, 5.41) is 5.29. The number of benzene rings is 2. The Morgan fingerprint density at radius 3 is 2.44 bits per heavy atom. The normalized spacial score (nSPS) is 16.8. The third-order valence-corrected chi connectivity index (χ3v) is 4.00. The van der Waals surface area contributed by atoms with Crippen LogP contribution in [0.2, 0.25) is 0 Å². The summed E-state index contributed by atoms with van der Waals surface area (Å²) >= 11 is 0. The minimum atomic E-state index is -0.575. The van der Waals surface area contributed by atoms with Crippen LogP contribution in [0.1, 0.15) is 24.1 Å². The van der Waals surface area contributed by atoms with Gasteiger partial charge in [-0.3, -0.25) is 4.79 Å². The number of primary amides is 1. The number of nitrogens with one attached hydrogen (secondary N) is 2. The predicted molar refractivity (Wildman–Crippen MR) is 93.5 cm³/mol. The number of nitrogens with two attached hydrogens (primary N) is 1. The summed E-state index contributed by atoms with van der Waals surface area (Å²) in [4.78, 5) is 23.4. The maximum absolute atomic E-state index is 11.7. The molecule has 2 aromatic carbocycles. The zero-order valence-corrected chi connectivity index (χ0v) is 13.8. The maximum Gasteiger partial charge on any atom is 0.319 e. The van der Waals surface area contributed by atoms with E-state index in [1.54, 1.807) is 19.1 Å². The Balaban J connectivity index is 1.76. The number of urea groups is 1.